The maximum atomic E-state index is 12.4. The molecule has 11 nitrogen and oxygen atoms in total. The van der Waals surface area contributed by atoms with Crippen molar-refractivity contribution in [1.82, 2.24) is 0 Å². The Bertz CT molecular complexity index is 951. The molecule has 0 aliphatic carbocycles. The minimum Gasteiger partial charge on any atom is -0.497 e. The summed E-state index contributed by atoms with van der Waals surface area (Å²) in [7, 11) is 1.41. The van der Waals surface area contributed by atoms with Gasteiger partial charge in [-0.15, -0.1) is 0 Å². The average molecular weight is 412 g/mol. The first-order valence-electron chi connectivity index (χ1n) is 8.57. The van der Waals surface area contributed by atoms with Gasteiger partial charge in [0.25, 0.3) is 5.75 Å². The van der Waals surface area contributed by atoms with E-state index in [2.05, 4.69) is 0 Å². The van der Waals surface area contributed by atoms with Crippen molar-refractivity contribution in [3.05, 3.63) is 28.6 Å². The normalized spacial score (nSPS) is 26.9. The molecule has 0 unspecified atom stereocenters. The van der Waals surface area contributed by atoms with Crippen LogP contribution >= 0.6 is 0 Å². The van der Waals surface area contributed by atoms with Crippen LogP contribution in [0.5, 0.6) is 17.2 Å². The lowest BCUT2D eigenvalue weighted by Crippen LogP contribution is -2.60. The van der Waals surface area contributed by atoms with Crippen LogP contribution in [0.2, 0.25) is 0 Å². The van der Waals surface area contributed by atoms with Crippen molar-refractivity contribution in [2.75, 3.05) is 13.7 Å². The maximum absolute atomic E-state index is 12.4. The Hall–Kier alpha value is -2.70. The monoisotopic (exact) mass is 412 g/mol. The molecule has 158 valence electrons. The fourth-order valence-electron chi connectivity index (χ4n) is 2.89. The van der Waals surface area contributed by atoms with E-state index < -0.39 is 54.7 Å². The van der Waals surface area contributed by atoms with Crippen molar-refractivity contribution in [1.29, 1.82) is 0 Å². The van der Waals surface area contributed by atoms with Gasteiger partial charge in [-0.2, -0.15) is 0 Å². The van der Waals surface area contributed by atoms with Crippen molar-refractivity contribution < 1.29 is 48.6 Å². The molecule has 0 spiro atoms. The van der Waals surface area contributed by atoms with Gasteiger partial charge in [0, 0.05) is 13.0 Å². The Kier molecular flexibility index (Phi) is 6.05. The average Bonchev–Trinajstić information content (AvgIpc) is 2.69. The number of hydrogen-bond donors (Lipinski definition) is 4. The number of carbonyl (C=O) groups excluding carboxylic acids is 1. The topological polar surface area (TPSA) is 165 Å². The van der Waals surface area contributed by atoms with Crippen LogP contribution in [0.3, 0.4) is 0 Å². The molecular formula is C18H20O11. The molecule has 11 heteroatoms. The van der Waals surface area contributed by atoms with Crippen LogP contribution in [-0.4, -0.2) is 70.8 Å². The lowest BCUT2D eigenvalue weighted by atomic mass is 9.99. The molecule has 3 rings (SSSR count). The molecule has 1 saturated heterocycles. The highest BCUT2D eigenvalue weighted by atomic mass is 16.7. The van der Waals surface area contributed by atoms with Gasteiger partial charge in [0.05, 0.1) is 19.1 Å². The summed E-state index contributed by atoms with van der Waals surface area (Å²) in [4.78, 5) is 23.8. The van der Waals surface area contributed by atoms with Gasteiger partial charge in [0.15, 0.2) is 5.75 Å². The zero-order valence-electron chi connectivity index (χ0n) is 15.5. The summed E-state index contributed by atoms with van der Waals surface area (Å²) < 4.78 is 26.0. The molecule has 1 aromatic heterocycles. The van der Waals surface area contributed by atoms with Gasteiger partial charge in [-0.05, 0) is 12.1 Å². The van der Waals surface area contributed by atoms with Gasteiger partial charge < -0.3 is 43.8 Å². The summed E-state index contributed by atoms with van der Waals surface area (Å²) in [5.74, 6) is -1.34. The lowest BCUT2D eigenvalue weighted by Gasteiger charge is -2.39. The van der Waals surface area contributed by atoms with E-state index in [0.29, 0.717) is 5.75 Å². The Labute approximate surface area is 163 Å². The predicted octanol–water partition coefficient (Wildman–Crippen LogP) is -1.09. The zero-order valence-corrected chi connectivity index (χ0v) is 15.5. The molecular weight excluding hydrogens is 392 g/mol. The molecule has 0 amide bonds. The van der Waals surface area contributed by atoms with Crippen LogP contribution in [0.1, 0.15) is 6.92 Å². The second-order valence-corrected chi connectivity index (χ2v) is 6.32. The molecule has 1 aromatic carbocycles. The van der Waals surface area contributed by atoms with Crippen LogP contribution in [0.4, 0.5) is 0 Å². The Morgan fingerprint density at radius 1 is 1.14 bits per heavy atom. The van der Waals surface area contributed by atoms with Crippen molar-refractivity contribution in [3.63, 3.8) is 0 Å². The first-order valence-corrected chi connectivity index (χ1v) is 8.57. The third-order valence-electron chi connectivity index (χ3n) is 4.36. The van der Waals surface area contributed by atoms with Crippen LogP contribution in [0.25, 0.3) is 11.0 Å². The van der Waals surface area contributed by atoms with Gasteiger partial charge in [-0.1, -0.05) is 0 Å². The van der Waals surface area contributed by atoms with Crippen molar-refractivity contribution >= 4 is 16.9 Å². The molecule has 1 aliphatic rings. The Morgan fingerprint density at radius 3 is 2.48 bits per heavy atom. The number of aliphatic hydroxyl groups excluding tert-OH is 4. The highest BCUT2D eigenvalue weighted by Gasteiger charge is 2.45. The molecule has 29 heavy (non-hydrogen) atoms. The highest BCUT2D eigenvalue weighted by Crippen LogP contribution is 2.37. The molecule has 0 bridgehead atoms. The van der Waals surface area contributed by atoms with E-state index in [1.165, 1.54) is 25.3 Å². The van der Waals surface area contributed by atoms with Crippen LogP contribution in [-0.2, 0) is 9.53 Å². The number of aliphatic hydroxyl groups is 4. The number of benzene rings is 1. The van der Waals surface area contributed by atoms with Crippen LogP contribution in [0.15, 0.2) is 27.4 Å². The summed E-state index contributed by atoms with van der Waals surface area (Å²) >= 11 is 0. The summed E-state index contributed by atoms with van der Waals surface area (Å²) in [6.07, 6.45) is -7.87. The second-order valence-electron chi connectivity index (χ2n) is 6.32. The molecule has 2 heterocycles. The first-order chi connectivity index (χ1) is 13.8. The van der Waals surface area contributed by atoms with E-state index in [1.54, 1.807) is 0 Å². The predicted molar refractivity (Wildman–Crippen MR) is 94.7 cm³/mol. The van der Waals surface area contributed by atoms with E-state index in [-0.39, 0.29) is 16.7 Å². The number of hydrogen-bond acceptors (Lipinski definition) is 11. The second kappa shape index (κ2) is 8.35. The smallest absolute Gasteiger partial charge is 0.383 e. The van der Waals surface area contributed by atoms with E-state index >= 15 is 0 Å². The van der Waals surface area contributed by atoms with Crippen molar-refractivity contribution in [2.45, 2.75) is 37.6 Å². The molecule has 1 aliphatic heterocycles. The van der Waals surface area contributed by atoms with Gasteiger partial charge in [-0.3, -0.25) is 4.79 Å². The summed E-state index contributed by atoms with van der Waals surface area (Å²) in [5, 5.41) is 39.5. The van der Waals surface area contributed by atoms with Gasteiger partial charge in [-0.25, -0.2) is 4.79 Å². The van der Waals surface area contributed by atoms with Crippen molar-refractivity contribution in [3.8, 4) is 17.2 Å². The van der Waals surface area contributed by atoms with Crippen LogP contribution in [0, 0.1) is 0 Å². The molecule has 2 aromatic rings. The number of rotatable bonds is 5. The number of ether oxygens (including phenoxy) is 4. The Balaban J connectivity index is 2.10. The highest BCUT2D eigenvalue weighted by molar-refractivity contribution is 5.87. The molecule has 0 radical (unpaired) electrons. The fourth-order valence-corrected chi connectivity index (χ4v) is 2.89. The quantitative estimate of drug-likeness (QED) is 0.348. The van der Waals surface area contributed by atoms with E-state index in [1.807, 2.05) is 0 Å². The van der Waals surface area contributed by atoms with E-state index in [9.17, 15) is 30.0 Å². The van der Waals surface area contributed by atoms with E-state index in [4.69, 9.17) is 23.4 Å². The van der Waals surface area contributed by atoms with Crippen LogP contribution < -0.4 is 19.8 Å². The molecule has 0 saturated carbocycles. The summed E-state index contributed by atoms with van der Waals surface area (Å²) in [6.45, 7) is 0.395. The standard InChI is InChI=1S/C18H20O11/c1-7(20)26-16-15(9-4-3-8(25-2)5-10(9)27-17(16)24)29-18-14(23)13(22)12(21)11(6-19)28-18/h3-5,11-14,18-19,21-23H,6H2,1-2H3/t11-,12-,13+,14-,18+/m1/s1. The summed E-state index contributed by atoms with van der Waals surface area (Å²) in [5.41, 5.74) is -1.01. The summed E-state index contributed by atoms with van der Waals surface area (Å²) in [6, 6.07) is 4.39. The molecule has 5 atom stereocenters. The molecule has 1 fully saturated rings. The Morgan fingerprint density at radius 2 is 1.86 bits per heavy atom. The third-order valence-corrected chi connectivity index (χ3v) is 4.36. The lowest BCUT2D eigenvalue weighted by molar-refractivity contribution is -0.277. The SMILES string of the molecule is COc1ccc2c(O[C@@H]3O[C@H](CO)[C@@H](O)[C@H](O)[C@H]3O)c(OC(C)=O)c(=O)oc2c1. The minimum absolute atomic E-state index is 0.0323. The fraction of sp³-hybridized carbons (Fsp3) is 0.444. The molecule has 4 N–H and O–H groups in total. The van der Waals surface area contributed by atoms with Gasteiger partial charge in [0.2, 0.25) is 6.29 Å². The number of methoxy groups -OCH3 is 1. The zero-order chi connectivity index (χ0) is 21.3. The third kappa shape index (κ3) is 4.04. The largest absolute Gasteiger partial charge is 0.497 e. The van der Waals surface area contributed by atoms with Crippen molar-refractivity contribution in [2.24, 2.45) is 0 Å². The number of carbonyl (C=O) groups is 1. The number of fused-ring (bicyclic) bond motifs is 1. The van der Waals surface area contributed by atoms with Gasteiger partial charge in [0.1, 0.15) is 35.7 Å². The van der Waals surface area contributed by atoms with E-state index in [0.717, 1.165) is 6.92 Å². The first kappa shape index (κ1) is 21.0. The minimum atomic E-state index is -1.74. The number of esters is 1. The maximum Gasteiger partial charge on any atom is 0.383 e. The van der Waals surface area contributed by atoms with Gasteiger partial charge >= 0.3 is 11.6 Å².